The third-order valence-electron chi connectivity index (χ3n) is 4.96. The largest absolute Gasteiger partial charge is 0.507 e. The second-order valence-corrected chi connectivity index (χ2v) is 6.96. The molecule has 0 amide bonds. The van der Waals surface area contributed by atoms with Crippen molar-refractivity contribution in [3.63, 3.8) is 0 Å². The van der Waals surface area contributed by atoms with Gasteiger partial charge in [0.05, 0.1) is 33.9 Å². The summed E-state index contributed by atoms with van der Waals surface area (Å²) in [7, 11) is 6.57. The van der Waals surface area contributed by atoms with Crippen LogP contribution in [0.15, 0.2) is 48.5 Å². The van der Waals surface area contributed by atoms with E-state index in [-0.39, 0.29) is 11.3 Å². The highest BCUT2D eigenvalue weighted by Gasteiger charge is 2.21. The van der Waals surface area contributed by atoms with E-state index in [1.807, 2.05) is 49.5 Å². The molecular weight excluding hydrogens is 370 g/mol. The zero-order valence-corrected chi connectivity index (χ0v) is 17.1. The standard InChI is InChI=1S/C23H25NO5/c1-24(13-15-9-10-20(27-2)21(11-15)28-3)14-19-17-8-6-5-7-16(17)12-18(22(19)25)23(26)29-4/h5-12,25H,13-14H2,1-4H3/p+1. The van der Waals surface area contributed by atoms with Crippen LogP contribution in [0.2, 0.25) is 0 Å². The van der Waals surface area contributed by atoms with Crippen LogP contribution in [0.3, 0.4) is 0 Å². The van der Waals surface area contributed by atoms with E-state index in [0.29, 0.717) is 24.6 Å². The Bertz CT molecular complexity index is 1030. The Labute approximate surface area is 170 Å². The lowest BCUT2D eigenvalue weighted by molar-refractivity contribution is -0.907. The Morgan fingerprint density at radius 2 is 1.69 bits per heavy atom. The number of hydrogen-bond acceptors (Lipinski definition) is 5. The fraction of sp³-hybridized carbons (Fsp3) is 0.261. The first-order valence-electron chi connectivity index (χ1n) is 9.32. The van der Waals surface area contributed by atoms with Gasteiger partial charge in [-0.25, -0.2) is 4.79 Å². The number of carbonyl (C=O) groups is 1. The predicted octanol–water partition coefficient (Wildman–Crippen LogP) is 2.56. The van der Waals surface area contributed by atoms with E-state index in [9.17, 15) is 9.90 Å². The van der Waals surface area contributed by atoms with Crippen LogP contribution in [-0.4, -0.2) is 39.5 Å². The molecule has 0 radical (unpaired) electrons. The van der Waals surface area contributed by atoms with E-state index in [1.54, 1.807) is 20.3 Å². The van der Waals surface area contributed by atoms with E-state index in [2.05, 4.69) is 0 Å². The molecule has 0 heterocycles. The maximum atomic E-state index is 12.1. The fourth-order valence-electron chi connectivity index (χ4n) is 3.56. The number of esters is 1. The maximum Gasteiger partial charge on any atom is 0.341 e. The molecule has 29 heavy (non-hydrogen) atoms. The molecule has 152 valence electrons. The number of nitrogens with one attached hydrogen (secondary N) is 1. The number of aromatic hydroxyl groups is 1. The number of benzene rings is 3. The summed E-state index contributed by atoms with van der Waals surface area (Å²) in [6.45, 7) is 1.24. The predicted molar refractivity (Wildman–Crippen MR) is 111 cm³/mol. The van der Waals surface area contributed by atoms with E-state index >= 15 is 0 Å². The number of hydrogen-bond donors (Lipinski definition) is 2. The van der Waals surface area contributed by atoms with Gasteiger partial charge in [-0.15, -0.1) is 0 Å². The molecule has 0 saturated heterocycles. The highest BCUT2D eigenvalue weighted by atomic mass is 16.5. The molecule has 3 rings (SSSR count). The van der Waals surface area contributed by atoms with Gasteiger partial charge in [-0.2, -0.15) is 0 Å². The van der Waals surface area contributed by atoms with Gasteiger partial charge in [-0.3, -0.25) is 0 Å². The zero-order valence-electron chi connectivity index (χ0n) is 17.1. The second kappa shape index (κ2) is 8.84. The van der Waals surface area contributed by atoms with E-state index < -0.39 is 5.97 Å². The van der Waals surface area contributed by atoms with E-state index in [0.717, 1.165) is 26.8 Å². The lowest BCUT2D eigenvalue weighted by Crippen LogP contribution is -3.06. The van der Waals surface area contributed by atoms with E-state index in [1.165, 1.54) is 7.11 Å². The van der Waals surface area contributed by atoms with Gasteiger partial charge in [0.2, 0.25) is 0 Å². The van der Waals surface area contributed by atoms with Crippen LogP contribution in [0.25, 0.3) is 10.8 Å². The number of ether oxygens (including phenoxy) is 3. The summed E-state index contributed by atoms with van der Waals surface area (Å²) in [4.78, 5) is 13.3. The van der Waals surface area contributed by atoms with Gasteiger partial charge in [0.15, 0.2) is 11.5 Å². The number of fused-ring (bicyclic) bond motifs is 1. The molecule has 3 aromatic carbocycles. The summed E-state index contributed by atoms with van der Waals surface area (Å²) in [6.07, 6.45) is 0. The van der Waals surface area contributed by atoms with Crippen molar-refractivity contribution in [3.8, 4) is 17.2 Å². The fourth-order valence-corrected chi connectivity index (χ4v) is 3.56. The van der Waals surface area contributed by atoms with Gasteiger partial charge < -0.3 is 24.2 Å². The number of methoxy groups -OCH3 is 3. The minimum atomic E-state index is -0.549. The summed E-state index contributed by atoms with van der Waals surface area (Å²) >= 11 is 0. The Morgan fingerprint density at radius 3 is 2.38 bits per heavy atom. The topological polar surface area (TPSA) is 69.4 Å². The van der Waals surface area contributed by atoms with Crippen LogP contribution in [-0.2, 0) is 17.8 Å². The van der Waals surface area contributed by atoms with Gasteiger partial charge in [0.1, 0.15) is 24.4 Å². The molecule has 2 N–H and O–H groups in total. The molecule has 0 aliphatic rings. The Balaban J connectivity index is 1.93. The smallest absolute Gasteiger partial charge is 0.341 e. The summed E-state index contributed by atoms with van der Waals surface area (Å²) in [5, 5.41) is 12.6. The van der Waals surface area contributed by atoms with Crippen LogP contribution in [0.4, 0.5) is 0 Å². The normalized spacial score (nSPS) is 11.9. The van der Waals surface area contributed by atoms with Crippen LogP contribution in [0.5, 0.6) is 17.2 Å². The Kier molecular flexibility index (Phi) is 6.24. The number of phenolic OH excluding ortho intramolecular Hbond substituents is 1. The van der Waals surface area contributed by atoms with Crippen molar-refractivity contribution in [2.45, 2.75) is 13.1 Å². The van der Waals surface area contributed by atoms with Crippen molar-refractivity contribution in [1.82, 2.24) is 0 Å². The average Bonchev–Trinajstić information content (AvgIpc) is 2.74. The van der Waals surface area contributed by atoms with Crippen LogP contribution >= 0.6 is 0 Å². The minimum Gasteiger partial charge on any atom is -0.507 e. The molecule has 3 aromatic rings. The lowest BCUT2D eigenvalue weighted by Gasteiger charge is -2.18. The first kappa shape index (κ1) is 20.5. The van der Waals surface area contributed by atoms with Crippen molar-refractivity contribution in [3.05, 3.63) is 65.2 Å². The number of carbonyl (C=O) groups excluding carboxylic acids is 1. The van der Waals surface area contributed by atoms with Crippen LogP contribution in [0.1, 0.15) is 21.5 Å². The molecule has 0 aromatic heterocycles. The van der Waals surface area contributed by atoms with Gasteiger partial charge in [-0.05, 0) is 35.0 Å². The average molecular weight is 396 g/mol. The molecule has 0 spiro atoms. The Morgan fingerprint density at radius 1 is 0.966 bits per heavy atom. The van der Waals surface area contributed by atoms with Crippen molar-refractivity contribution < 1.29 is 29.0 Å². The number of quaternary nitrogens is 1. The highest BCUT2D eigenvalue weighted by Crippen LogP contribution is 2.31. The molecule has 0 fully saturated rings. The molecule has 1 atom stereocenters. The molecule has 0 bridgehead atoms. The lowest BCUT2D eigenvalue weighted by atomic mass is 9.98. The summed E-state index contributed by atoms with van der Waals surface area (Å²) < 4.78 is 15.5. The van der Waals surface area contributed by atoms with Gasteiger partial charge >= 0.3 is 5.97 Å². The van der Waals surface area contributed by atoms with Crippen LogP contribution < -0.4 is 14.4 Å². The molecule has 0 aliphatic heterocycles. The van der Waals surface area contributed by atoms with Crippen molar-refractivity contribution in [2.75, 3.05) is 28.4 Å². The molecule has 6 heteroatoms. The maximum absolute atomic E-state index is 12.1. The zero-order chi connectivity index (χ0) is 21.0. The monoisotopic (exact) mass is 396 g/mol. The minimum absolute atomic E-state index is 0.0257. The SMILES string of the molecule is COC(=O)c1cc2ccccc2c(C[NH+](C)Cc2ccc(OC)c(OC)c2)c1O. The number of phenols is 1. The summed E-state index contributed by atoms with van der Waals surface area (Å²) in [5.74, 6) is 0.788. The quantitative estimate of drug-likeness (QED) is 0.601. The second-order valence-electron chi connectivity index (χ2n) is 6.96. The third-order valence-corrected chi connectivity index (χ3v) is 4.96. The molecule has 0 saturated carbocycles. The third kappa shape index (κ3) is 4.27. The summed E-state index contributed by atoms with van der Waals surface area (Å²) in [6, 6.07) is 15.2. The molecule has 1 unspecified atom stereocenters. The number of rotatable bonds is 7. The molecular formula is C23H26NO5+. The molecule has 6 nitrogen and oxygen atoms in total. The van der Waals surface area contributed by atoms with Gasteiger partial charge in [0.25, 0.3) is 0 Å². The molecule has 0 aliphatic carbocycles. The highest BCUT2D eigenvalue weighted by molar-refractivity contribution is 6.00. The van der Waals surface area contributed by atoms with Crippen LogP contribution in [0, 0.1) is 0 Å². The van der Waals surface area contributed by atoms with E-state index in [4.69, 9.17) is 14.2 Å². The van der Waals surface area contributed by atoms with Gasteiger partial charge in [0, 0.05) is 5.56 Å². The Hall–Kier alpha value is -3.25. The summed E-state index contributed by atoms with van der Waals surface area (Å²) in [5.41, 5.74) is 1.98. The van der Waals surface area contributed by atoms with Crippen molar-refractivity contribution in [1.29, 1.82) is 0 Å². The van der Waals surface area contributed by atoms with Crippen molar-refractivity contribution >= 4 is 16.7 Å². The van der Waals surface area contributed by atoms with Crippen molar-refractivity contribution in [2.24, 2.45) is 0 Å². The first-order chi connectivity index (χ1) is 14.0. The first-order valence-corrected chi connectivity index (χ1v) is 9.32. The van der Waals surface area contributed by atoms with Gasteiger partial charge in [-0.1, -0.05) is 24.3 Å².